The minimum atomic E-state index is 0.358. The molecule has 146 valence electrons. The second-order valence-electron chi connectivity index (χ2n) is 6.06. The highest BCUT2D eigenvalue weighted by molar-refractivity contribution is 9.10. The second-order valence-corrected chi connectivity index (χ2v) is 7.72. The number of halogens is 3. The van der Waals surface area contributed by atoms with Crippen molar-refractivity contribution in [2.45, 2.75) is 19.7 Å². The maximum atomic E-state index is 6.06. The SMILES string of the molecule is COc1cc(CNCc2ccccn2)c(Br)cc1OCc1ccc(Cl)c(Cl)c1. The maximum Gasteiger partial charge on any atom is 0.162 e. The van der Waals surface area contributed by atoms with Crippen LogP contribution in [0, 0.1) is 0 Å². The summed E-state index contributed by atoms with van der Waals surface area (Å²) < 4.78 is 12.4. The Morgan fingerprint density at radius 1 is 1.00 bits per heavy atom. The van der Waals surface area contributed by atoms with Gasteiger partial charge in [0.05, 0.1) is 22.8 Å². The molecule has 0 saturated carbocycles. The predicted octanol–water partition coefficient (Wildman–Crippen LogP) is 6.03. The molecule has 0 spiro atoms. The summed E-state index contributed by atoms with van der Waals surface area (Å²) >= 11 is 15.6. The molecule has 1 aromatic heterocycles. The van der Waals surface area contributed by atoms with Crippen LogP contribution in [0.1, 0.15) is 16.8 Å². The van der Waals surface area contributed by atoms with Gasteiger partial charge in [-0.05, 0) is 47.5 Å². The molecule has 0 radical (unpaired) electrons. The van der Waals surface area contributed by atoms with Gasteiger partial charge in [0, 0.05) is 23.8 Å². The third-order valence-electron chi connectivity index (χ3n) is 4.06. The topological polar surface area (TPSA) is 43.4 Å². The van der Waals surface area contributed by atoms with Crippen LogP contribution in [0.2, 0.25) is 10.0 Å². The molecule has 2 aromatic carbocycles. The average Bonchev–Trinajstić information content (AvgIpc) is 2.71. The van der Waals surface area contributed by atoms with E-state index >= 15 is 0 Å². The van der Waals surface area contributed by atoms with Crippen LogP contribution in [0.3, 0.4) is 0 Å². The second kappa shape index (κ2) is 10.1. The third kappa shape index (κ3) is 5.61. The Kier molecular flexibility index (Phi) is 7.57. The van der Waals surface area contributed by atoms with Crippen LogP contribution in [-0.2, 0) is 19.7 Å². The Hall–Kier alpha value is -1.79. The highest BCUT2D eigenvalue weighted by Crippen LogP contribution is 2.34. The zero-order chi connectivity index (χ0) is 19.9. The number of hydrogen-bond donors (Lipinski definition) is 1. The first kappa shape index (κ1) is 20.9. The van der Waals surface area contributed by atoms with Gasteiger partial charge in [-0.3, -0.25) is 4.98 Å². The molecule has 0 aliphatic carbocycles. The number of ether oxygens (including phenoxy) is 2. The molecule has 7 heteroatoms. The summed E-state index contributed by atoms with van der Waals surface area (Å²) in [7, 11) is 1.63. The molecular formula is C21H19BrCl2N2O2. The molecule has 3 rings (SSSR count). The van der Waals surface area contributed by atoms with E-state index in [0.29, 0.717) is 41.2 Å². The van der Waals surface area contributed by atoms with Gasteiger partial charge in [-0.25, -0.2) is 0 Å². The van der Waals surface area contributed by atoms with Crippen molar-refractivity contribution in [2.75, 3.05) is 7.11 Å². The fourth-order valence-corrected chi connectivity index (χ4v) is 3.39. The summed E-state index contributed by atoms with van der Waals surface area (Å²) in [5.74, 6) is 1.31. The third-order valence-corrected chi connectivity index (χ3v) is 5.54. The lowest BCUT2D eigenvalue weighted by molar-refractivity contribution is 0.284. The van der Waals surface area contributed by atoms with Crippen LogP contribution in [0.5, 0.6) is 11.5 Å². The molecule has 1 N–H and O–H groups in total. The summed E-state index contributed by atoms with van der Waals surface area (Å²) in [6.07, 6.45) is 1.79. The molecule has 0 unspecified atom stereocenters. The first-order chi connectivity index (χ1) is 13.6. The average molecular weight is 482 g/mol. The van der Waals surface area contributed by atoms with E-state index in [1.807, 2.05) is 36.4 Å². The number of rotatable bonds is 8. The van der Waals surface area contributed by atoms with E-state index in [0.717, 1.165) is 21.3 Å². The lowest BCUT2D eigenvalue weighted by Gasteiger charge is -2.15. The van der Waals surface area contributed by atoms with Crippen molar-refractivity contribution in [2.24, 2.45) is 0 Å². The number of pyridine rings is 1. The maximum absolute atomic E-state index is 6.06. The van der Waals surface area contributed by atoms with Crippen molar-refractivity contribution in [1.82, 2.24) is 10.3 Å². The van der Waals surface area contributed by atoms with Crippen LogP contribution in [-0.4, -0.2) is 12.1 Å². The van der Waals surface area contributed by atoms with Gasteiger partial charge >= 0.3 is 0 Å². The molecular weight excluding hydrogens is 463 g/mol. The van der Waals surface area contributed by atoms with E-state index in [-0.39, 0.29) is 0 Å². The monoisotopic (exact) mass is 480 g/mol. The zero-order valence-corrected chi connectivity index (χ0v) is 18.3. The summed E-state index contributed by atoms with van der Waals surface area (Å²) in [4.78, 5) is 4.31. The first-order valence-corrected chi connectivity index (χ1v) is 10.2. The molecule has 0 aliphatic heterocycles. The molecule has 3 aromatic rings. The van der Waals surface area contributed by atoms with Crippen molar-refractivity contribution in [3.8, 4) is 11.5 Å². The highest BCUT2D eigenvalue weighted by atomic mass is 79.9. The van der Waals surface area contributed by atoms with Gasteiger partial charge in [0.15, 0.2) is 11.5 Å². The van der Waals surface area contributed by atoms with Crippen molar-refractivity contribution >= 4 is 39.1 Å². The molecule has 4 nitrogen and oxygen atoms in total. The minimum absolute atomic E-state index is 0.358. The number of nitrogens with one attached hydrogen (secondary N) is 1. The van der Waals surface area contributed by atoms with E-state index in [2.05, 4.69) is 26.2 Å². The van der Waals surface area contributed by atoms with Gasteiger partial charge in [0.25, 0.3) is 0 Å². The Morgan fingerprint density at radius 2 is 1.86 bits per heavy atom. The molecule has 0 amide bonds. The van der Waals surface area contributed by atoms with Gasteiger partial charge in [-0.1, -0.05) is 51.3 Å². The molecule has 1 heterocycles. The van der Waals surface area contributed by atoms with E-state index in [9.17, 15) is 0 Å². The quantitative estimate of drug-likeness (QED) is 0.426. The number of aromatic nitrogens is 1. The molecule has 0 bridgehead atoms. The normalized spacial score (nSPS) is 10.7. The molecule has 0 saturated heterocycles. The summed E-state index contributed by atoms with van der Waals surface area (Å²) in [6, 6.07) is 15.2. The van der Waals surface area contributed by atoms with E-state index in [1.54, 1.807) is 25.4 Å². The lowest BCUT2D eigenvalue weighted by Crippen LogP contribution is -2.14. The Labute approximate surface area is 182 Å². The Bertz CT molecular complexity index is 939. The Morgan fingerprint density at radius 3 is 2.57 bits per heavy atom. The van der Waals surface area contributed by atoms with Gasteiger partial charge < -0.3 is 14.8 Å². The van der Waals surface area contributed by atoms with Crippen molar-refractivity contribution in [1.29, 1.82) is 0 Å². The van der Waals surface area contributed by atoms with Crippen LogP contribution in [0.25, 0.3) is 0 Å². The number of benzene rings is 2. The highest BCUT2D eigenvalue weighted by Gasteiger charge is 2.11. The van der Waals surface area contributed by atoms with Gasteiger partial charge in [0.1, 0.15) is 6.61 Å². The first-order valence-electron chi connectivity index (χ1n) is 8.60. The van der Waals surface area contributed by atoms with Crippen LogP contribution in [0.15, 0.2) is 59.2 Å². The van der Waals surface area contributed by atoms with E-state index in [1.165, 1.54) is 0 Å². The van der Waals surface area contributed by atoms with E-state index in [4.69, 9.17) is 32.7 Å². The van der Waals surface area contributed by atoms with Gasteiger partial charge in [-0.2, -0.15) is 0 Å². The number of methoxy groups -OCH3 is 1. The number of hydrogen-bond acceptors (Lipinski definition) is 4. The van der Waals surface area contributed by atoms with Gasteiger partial charge in [0.2, 0.25) is 0 Å². The van der Waals surface area contributed by atoms with Crippen molar-refractivity contribution < 1.29 is 9.47 Å². The predicted molar refractivity (Wildman–Crippen MR) is 116 cm³/mol. The zero-order valence-electron chi connectivity index (χ0n) is 15.2. The minimum Gasteiger partial charge on any atom is -0.493 e. The molecule has 0 fully saturated rings. The molecule has 0 aliphatic rings. The van der Waals surface area contributed by atoms with Crippen molar-refractivity contribution in [3.63, 3.8) is 0 Å². The lowest BCUT2D eigenvalue weighted by atomic mass is 10.2. The molecule has 0 atom stereocenters. The van der Waals surface area contributed by atoms with Crippen LogP contribution >= 0.6 is 39.1 Å². The van der Waals surface area contributed by atoms with Gasteiger partial charge in [-0.15, -0.1) is 0 Å². The van der Waals surface area contributed by atoms with Crippen molar-refractivity contribution in [3.05, 3.63) is 86.1 Å². The fourth-order valence-electron chi connectivity index (χ4n) is 2.60. The number of nitrogens with zero attached hydrogens (tertiary/aromatic N) is 1. The smallest absolute Gasteiger partial charge is 0.162 e. The standard InChI is InChI=1S/C21H19BrCl2N2O2/c1-27-20-9-15(11-25-12-16-4-2-3-7-26-16)17(22)10-21(20)28-13-14-5-6-18(23)19(24)8-14/h2-10,25H,11-13H2,1H3. The van der Waals surface area contributed by atoms with Crippen LogP contribution in [0.4, 0.5) is 0 Å². The van der Waals surface area contributed by atoms with E-state index < -0.39 is 0 Å². The summed E-state index contributed by atoms with van der Waals surface area (Å²) in [6.45, 7) is 1.71. The summed E-state index contributed by atoms with van der Waals surface area (Å²) in [5.41, 5.74) is 2.98. The largest absolute Gasteiger partial charge is 0.493 e. The Balaban J connectivity index is 1.65. The summed E-state index contributed by atoms with van der Waals surface area (Å²) in [5, 5.41) is 4.41. The molecule has 28 heavy (non-hydrogen) atoms. The van der Waals surface area contributed by atoms with Crippen LogP contribution < -0.4 is 14.8 Å². The fraction of sp³-hybridized carbons (Fsp3) is 0.190.